The van der Waals surface area contributed by atoms with Gasteiger partial charge in [-0.15, -0.1) is 0 Å². The Morgan fingerprint density at radius 3 is 2.26 bits per heavy atom. The molecule has 2 N–H and O–H groups in total. The molecule has 1 aromatic heterocycles. The van der Waals surface area contributed by atoms with Crippen molar-refractivity contribution in [3.63, 3.8) is 0 Å². The van der Waals surface area contributed by atoms with E-state index in [1.807, 2.05) is 30.3 Å². The van der Waals surface area contributed by atoms with Crippen molar-refractivity contribution in [2.75, 3.05) is 6.61 Å². The summed E-state index contributed by atoms with van der Waals surface area (Å²) in [5, 5.41) is 9.89. The molecule has 4 aliphatic carbocycles. The van der Waals surface area contributed by atoms with Gasteiger partial charge < -0.3 is 10.1 Å². The Bertz CT molecular complexity index is 1070. The zero-order valence-electron chi connectivity index (χ0n) is 19.8. The van der Waals surface area contributed by atoms with Gasteiger partial charge in [0.25, 0.3) is 5.91 Å². The van der Waals surface area contributed by atoms with Crippen molar-refractivity contribution in [3.8, 4) is 0 Å². The summed E-state index contributed by atoms with van der Waals surface area (Å²) in [6.07, 6.45) is 6.83. The van der Waals surface area contributed by atoms with E-state index in [1.165, 1.54) is 19.3 Å². The summed E-state index contributed by atoms with van der Waals surface area (Å²) in [5.74, 6) is 0.820. The number of amides is 3. The van der Waals surface area contributed by atoms with Crippen LogP contribution in [0, 0.1) is 31.6 Å². The number of hydrogen-bond donors (Lipinski definition) is 2. The van der Waals surface area contributed by atoms with Gasteiger partial charge in [-0.05, 0) is 75.7 Å². The second-order valence-electron chi connectivity index (χ2n) is 10.5. The van der Waals surface area contributed by atoms with E-state index in [4.69, 9.17) is 4.74 Å². The first-order chi connectivity index (χ1) is 16.3. The van der Waals surface area contributed by atoms with E-state index in [-0.39, 0.29) is 5.54 Å². The van der Waals surface area contributed by atoms with Crippen LogP contribution in [0.1, 0.15) is 65.8 Å². The number of carbonyl (C=O) groups excluding carboxylic acids is 3. The molecule has 0 radical (unpaired) electrons. The summed E-state index contributed by atoms with van der Waals surface area (Å²) in [5.41, 5.74) is 2.45. The Labute approximate surface area is 199 Å². The number of imide groups is 1. The smallest absolute Gasteiger partial charge is 0.342 e. The highest BCUT2D eigenvalue weighted by Gasteiger charge is 2.51. The molecule has 8 heteroatoms. The highest BCUT2D eigenvalue weighted by atomic mass is 16.5. The van der Waals surface area contributed by atoms with Gasteiger partial charge in [0, 0.05) is 5.54 Å². The standard InChI is InChI=1S/C26H32N4O4/c1-16-23(17(2)30(29-16)14-18-6-4-3-5-7-18)24(32)34-15-22(31)27-25(33)28-26-11-19-8-20(12-26)10-21(9-19)13-26/h3-7,19-21H,8-15H2,1-2H3,(H2,27,28,31,33). The van der Waals surface area contributed by atoms with E-state index in [9.17, 15) is 14.4 Å². The van der Waals surface area contributed by atoms with Crippen LogP contribution in [-0.2, 0) is 16.1 Å². The van der Waals surface area contributed by atoms with Crippen LogP contribution in [0.15, 0.2) is 30.3 Å². The number of rotatable bonds is 6. The molecule has 34 heavy (non-hydrogen) atoms. The summed E-state index contributed by atoms with van der Waals surface area (Å²) in [4.78, 5) is 37.5. The Hall–Kier alpha value is -3.16. The van der Waals surface area contributed by atoms with Crippen molar-refractivity contribution in [2.24, 2.45) is 17.8 Å². The maximum atomic E-state index is 12.7. The fraction of sp³-hybridized carbons (Fsp3) is 0.538. The van der Waals surface area contributed by atoms with E-state index in [2.05, 4.69) is 15.7 Å². The van der Waals surface area contributed by atoms with Gasteiger partial charge in [-0.1, -0.05) is 30.3 Å². The number of aryl methyl sites for hydroxylation is 1. The molecule has 3 amide bonds. The number of ether oxygens (including phenoxy) is 1. The quantitative estimate of drug-likeness (QED) is 0.637. The van der Waals surface area contributed by atoms with Gasteiger partial charge in [-0.2, -0.15) is 5.10 Å². The van der Waals surface area contributed by atoms with Gasteiger partial charge in [-0.3, -0.25) is 14.8 Å². The molecule has 0 aliphatic heterocycles. The molecule has 4 bridgehead atoms. The van der Waals surface area contributed by atoms with Gasteiger partial charge in [-0.25, -0.2) is 9.59 Å². The molecule has 8 nitrogen and oxygen atoms in total. The van der Waals surface area contributed by atoms with E-state index < -0.39 is 24.5 Å². The molecule has 0 spiro atoms. The fourth-order valence-electron chi connectivity index (χ4n) is 6.80. The predicted molar refractivity (Wildman–Crippen MR) is 125 cm³/mol. The average Bonchev–Trinajstić information content (AvgIpc) is 3.04. The van der Waals surface area contributed by atoms with E-state index >= 15 is 0 Å². The molecule has 4 saturated carbocycles. The first-order valence-corrected chi connectivity index (χ1v) is 12.2. The number of carbonyl (C=O) groups is 3. The lowest BCUT2D eigenvalue weighted by atomic mass is 9.53. The van der Waals surface area contributed by atoms with E-state index in [0.29, 0.717) is 41.2 Å². The van der Waals surface area contributed by atoms with Crippen molar-refractivity contribution < 1.29 is 19.1 Å². The van der Waals surface area contributed by atoms with Crippen molar-refractivity contribution in [2.45, 2.75) is 64.5 Å². The molecular weight excluding hydrogens is 432 g/mol. The third kappa shape index (κ3) is 4.58. The van der Waals surface area contributed by atoms with Crippen molar-refractivity contribution in [3.05, 3.63) is 52.8 Å². The summed E-state index contributed by atoms with van der Waals surface area (Å²) in [6.45, 7) is 3.56. The summed E-state index contributed by atoms with van der Waals surface area (Å²) in [7, 11) is 0. The maximum Gasteiger partial charge on any atom is 0.342 e. The third-order valence-electron chi connectivity index (χ3n) is 7.77. The molecule has 1 heterocycles. The highest BCUT2D eigenvalue weighted by molar-refractivity contribution is 5.97. The molecule has 180 valence electrons. The fourth-order valence-corrected chi connectivity index (χ4v) is 6.80. The van der Waals surface area contributed by atoms with Crippen molar-refractivity contribution in [1.82, 2.24) is 20.4 Å². The minimum Gasteiger partial charge on any atom is -0.452 e. The first kappa shape index (κ1) is 22.6. The van der Waals surface area contributed by atoms with Crippen LogP contribution in [0.25, 0.3) is 0 Å². The average molecular weight is 465 g/mol. The van der Waals surface area contributed by atoms with Crippen LogP contribution in [-0.4, -0.2) is 39.8 Å². The molecule has 1 aromatic carbocycles. The number of nitrogens with one attached hydrogen (secondary N) is 2. The van der Waals surface area contributed by atoms with Crippen LogP contribution in [0.4, 0.5) is 4.79 Å². The Balaban J connectivity index is 1.14. The Morgan fingerprint density at radius 2 is 1.65 bits per heavy atom. The first-order valence-electron chi connectivity index (χ1n) is 12.2. The van der Waals surface area contributed by atoms with Crippen LogP contribution in [0.3, 0.4) is 0 Å². The SMILES string of the molecule is Cc1nn(Cc2ccccc2)c(C)c1C(=O)OCC(=O)NC(=O)NC12CC3CC(CC(C3)C1)C2. The minimum atomic E-state index is -0.637. The van der Waals surface area contributed by atoms with Gasteiger partial charge >= 0.3 is 12.0 Å². The van der Waals surface area contributed by atoms with Gasteiger partial charge in [0.15, 0.2) is 6.61 Å². The molecule has 4 aliphatic rings. The Morgan fingerprint density at radius 1 is 1.03 bits per heavy atom. The molecule has 0 unspecified atom stereocenters. The number of benzene rings is 1. The van der Waals surface area contributed by atoms with Crippen LogP contribution in [0.5, 0.6) is 0 Å². The second kappa shape index (κ2) is 8.89. The topological polar surface area (TPSA) is 102 Å². The summed E-state index contributed by atoms with van der Waals surface area (Å²) >= 11 is 0. The number of urea groups is 1. The maximum absolute atomic E-state index is 12.7. The number of aromatic nitrogens is 2. The number of nitrogens with zero attached hydrogens (tertiary/aromatic N) is 2. The number of hydrogen-bond acceptors (Lipinski definition) is 5. The molecular formula is C26H32N4O4. The van der Waals surface area contributed by atoms with E-state index in [1.54, 1.807) is 18.5 Å². The molecule has 0 saturated heterocycles. The second-order valence-corrected chi connectivity index (χ2v) is 10.5. The molecule has 6 rings (SSSR count). The molecule has 4 fully saturated rings. The largest absolute Gasteiger partial charge is 0.452 e. The highest BCUT2D eigenvalue weighted by Crippen LogP contribution is 2.55. The minimum absolute atomic E-state index is 0.183. The summed E-state index contributed by atoms with van der Waals surface area (Å²) in [6, 6.07) is 9.34. The van der Waals surface area contributed by atoms with Gasteiger partial charge in [0.2, 0.25) is 0 Å². The number of esters is 1. The van der Waals surface area contributed by atoms with Crippen molar-refractivity contribution in [1.29, 1.82) is 0 Å². The van der Waals surface area contributed by atoms with Gasteiger partial charge in [0.05, 0.1) is 17.9 Å². The van der Waals surface area contributed by atoms with Crippen LogP contribution in [0.2, 0.25) is 0 Å². The zero-order valence-corrected chi connectivity index (χ0v) is 19.8. The normalized spacial score (nSPS) is 26.8. The van der Waals surface area contributed by atoms with E-state index in [0.717, 1.165) is 24.8 Å². The van der Waals surface area contributed by atoms with Gasteiger partial charge in [0.1, 0.15) is 5.56 Å². The molecule has 0 atom stereocenters. The van der Waals surface area contributed by atoms with Crippen LogP contribution >= 0.6 is 0 Å². The summed E-state index contributed by atoms with van der Waals surface area (Å²) < 4.78 is 6.98. The lowest BCUT2D eigenvalue weighted by Crippen LogP contribution is -2.62. The lowest BCUT2D eigenvalue weighted by Gasteiger charge is -2.56. The molecule has 2 aromatic rings. The monoisotopic (exact) mass is 464 g/mol. The lowest BCUT2D eigenvalue weighted by molar-refractivity contribution is -0.123. The Kier molecular flexibility index (Phi) is 5.91. The zero-order chi connectivity index (χ0) is 23.9. The third-order valence-corrected chi connectivity index (χ3v) is 7.77. The van der Waals surface area contributed by atoms with Crippen molar-refractivity contribution >= 4 is 17.9 Å². The van der Waals surface area contributed by atoms with Crippen LogP contribution < -0.4 is 10.6 Å². The predicted octanol–water partition coefficient (Wildman–Crippen LogP) is 3.50.